The lowest BCUT2D eigenvalue weighted by atomic mass is 9.64. The third kappa shape index (κ3) is 3.40. The van der Waals surface area contributed by atoms with Gasteiger partial charge in [0.05, 0.1) is 11.1 Å². The minimum absolute atomic E-state index is 0.195. The number of nitrogens with one attached hydrogen (secondary N) is 2. The normalized spacial score (nSPS) is 14.8. The summed E-state index contributed by atoms with van der Waals surface area (Å²) in [5.41, 5.74) is 6.63. The Hall–Kier alpha value is -3.07. The Bertz CT molecular complexity index is 982. The second-order valence-electron chi connectivity index (χ2n) is 6.65. The van der Waals surface area contributed by atoms with Crippen LogP contribution in [0.3, 0.4) is 0 Å². The summed E-state index contributed by atoms with van der Waals surface area (Å²) in [5, 5.41) is 10.9. The molecule has 1 aliphatic rings. The second kappa shape index (κ2) is 7.51. The predicted octanol–water partition coefficient (Wildman–Crippen LogP) is 2.31. The lowest BCUT2D eigenvalue weighted by molar-refractivity contribution is -0.130. The van der Waals surface area contributed by atoms with E-state index in [1.165, 1.54) is 11.0 Å². The Morgan fingerprint density at radius 1 is 1.00 bits per heavy atom. The Morgan fingerprint density at radius 3 is 2.29 bits per heavy atom. The molecule has 0 saturated heterocycles. The molecule has 142 valence electrons. The number of carbonyl (C=O) groups is 2. The van der Waals surface area contributed by atoms with Crippen LogP contribution in [-0.2, 0) is 10.2 Å². The molecule has 0 spiro atoms. The lowest BCUT2D eigenvalue weighted by Gasteiger charge is -2.40. The first-order valence-corrected chi connectivity index (χ1v) is 9.58. The van der Waals surface area contributed by atoms with Crippen LogP contribution < -0.4 is 10.9 Å². The zero-order chi connectivity index (χ0) is 19.6. The number of hydrazine groups is 1. The molecule has 9 heteroatoms. The molecule has 2 N–H and O–H groups in total. The Labute approximate surface area is 169 Å². The van der Waals surface area contributed by atoms with Crippen molar-refractivity contribution >= 4 is 27.7 Å². The summed E-state index contributed by atoms with van der Waals surface area (Å²) in [7, 11) is 0. The van der Waals surface area contributed by atoms with Crippen molar-refractivity contribution in [3.63, 3.8) is 0 Å². The van der Waals surface area contributed by atoms with Gasteiger partial charge in [-0.15, -0.1) is 5.10 Å². The number of amides is 2. The maximum Gasteiger partial charge on any atom is 0.269 e. The first-order chi connectivity index (χ1) is 13.6. The van der Waals surface area contributed by atoms with Gasteiger partial charge in [0.25, 0.3) is 5.91 Å². The molecule has 0 aliphatic heterocycles. The van der Waals surface area contributed by atoms with Crippen molar-refractivity contribution in [3.05, 3.63) is 70.5 Å². The van der Waals surface area contributed by atoms with Crippen LogP contribution in [0, 0.1) is 0 Å². The van der Waals surface area contributed by atoms with Crippen molar-refractivity contribution < 1.29 is 9.59 Å². The minimum atomic E-state index is -0.585. The molecule has 28 heavy (non-hydrogen) atoms. The van der Waals surface area contributed by atoms with Gasteiger partial charge in [0.2, 0.25) is 5.91 Å². The van der Waals surface area contributed by atoms with E-state index in [0.717, 1.165) is 35.0 Å². The molecule has 0 atom stereocenters. The second-order valence-corrected chi connectivity index (χ2v) is 7.57. The van der Waals surface area contributed by atoms with Gasteiger partial charge in [-0.1, -0.05) is 34.5 Å². The molecule has 8 nitrogen and oxygen atoms in total. The summed E-state index contributed by atoms with van der Waals surface area (Å²) < 4.78 is 2.45. The number of hydrogen-bond donors (Lipinski definition) is 2. The number of tetrazole rings is 1. The van der Waals surface area contributed by atoms with Gasteiger partial charge in [-0.05, 0) is 65.2 Å². The van der Waals surface area contributed by atoms with E-state index >= 15 is 0 Å². The molecule has 0 radical (unpaired) electrons. The van der Waals surface area contributed by atoms with Crippen molar-refractivity contribution in [2.45, 2.75) is 24.7 Å². The van der Waals surface area contributed by atoms with Crippen LogP contribution >= 0.6 is 15.9 Å². The van der Waals surface area contributed by atoms with Gasteiger partial charge in [0, 0.05) is 10.0 Å². The van der Waals surface area contributed by atoms with E-state index in [-0.39, 0.29) is 11.8 Å². The Morgan fingerprint density at radius 2 is 1.71 bits per heavy atom. The molecule has 1 saturated carbocycles. The summed E-state index contributed by atoms with van der Waals surface area (Å²) in [6, 6.07) is 14.5. The largest absolute Gasteiger partial charge is 0.272 e. The van der Waals surface area contributed by atoms with E-state index in [1.54, 1.807) is 24.3 Å². The van der Waals surface area contributed by atoms with Gasteiger partial charge in [-0.3, -0.25) is 20.4 Å². The fraction of sp³-hybridized carbons (Fsp3) is 0.211. The molecule has 1 aromatic heterocycles. The van der Waals surface area contributed by atoms with E-state index < -0.39 is 5.41 Å². The highest BCUT2D eigenvalue weighted by molar-refractivity contribution is 9.10. The lowest BCUT2D eigenvalue weighted by Crippen LogP contribution is -2.54. The smallest absolute Gasteiger partial charge is 0.269 e. The maximum absolute atomic E-state index is 12.8. The molecule has 1 aliphatic carbocycles. The van der Waals surface area contributed by atoms with Crippen LogP contribution in [0.25, 0.3) is 5.69 Å². The monoisotopic (exact) mass is 440 g/mol. The highest BCUT2D eigenvalue weighted by Gasteiger charge is 2.45. The molecule has 0 unspecified atom stereocenters. The molecular formula is C19H17BrN6O2. The molecular weight excluding hydrogens is 424 g/mol. The van der Waals surface area contributed by atoms with Gasteiger partial charge >= 0.3 is 0 Å². The average Bonchev–Trinajstić information content (AvgIpc) is 3.21. The first kappa shape index (κ1) is 18.3. The Balaban J connectivity index is 1.41. The molecule has 4 rings (SSSR count). The van der Waals surface area contributed by atoms with Crippen molar-refractivity contribution in [1.29, 1.82) is 0 Å². The average molecular weight is 441 g/mol. The van der Waals surface area contributed by atoms with Crippen LogP contribution in [0.1, 0.15) is 35.2 Å². The van der Waals surface area contributed by atoms with Gasteiger partial charge in [0.1, 0.15) is 6.33 Å². The number of benzene rings is 2. The summed E-state index contributed by atoms with van der Waals surface area (Å²) in [6.45, 7) is 0. The third-order valence-corrected chi connectivity index (χ3v) is 5.60. The predicted molar refractivity (Wildman–Crippen MR) is 104 cm³/mol. The van der Waals surface area contributed by atoms with E-state index in [9.17, 15) is 9.59 Å². The highest BCUT2D eigenvalue weighted by Crippen LogP contribution is 2.44. The van der Waals surface area contributed by atoms with E-state index in [0.29, 0.717) is 5.56 Å². The number of aromatic nitrogens is 4. The van der Waals surface area contributed by atoms with Gasteiger partial charge < -0.3 is 0 Å². The third-order valence-electron chi connectivity index (χ3n) is 5.07. The summed E-state index contributed by atoms with van der Waals surface area (Å²) in [4.78, 5) is 25.2. The quantitative estimate of drug-likeness (QED) is 0.606. The van der Waals surface area contributed by atoms with Crippen LogP contribution in [0.15, 0.2) is 59.3 Å². The number of carbonyl (C=O) groups excluding carboxylic acids is 2. The van der Waals surface area contributed by atoms with Crippen LogP contribution in [0.2, 0.25) is 0 Å². The summed E-state index contributed by atoms with van der Waals surface area (Å²) in [6.07, 6.45) is 3.97. The van der Waals surface area contributed by atoms with Gasteiger partial charge in [0.15, 0.2) is 0 Å². The summed E-state index contributed by atoms with van der Waals surface area (Å²) >= 11 is 3.41. The molecule has 0 bridgehead atoms. The van der Waals surface area contributed by atoms with Crippen molar-refractivity contribution in [2.24, 2.45) is 0 Å². The van der Waals surface area contributed by atoms with Crippen LogP contribution in [0.4, 0.5) is 0 Å². The minimum Gasteiger partial charge on any atom is -0.272 e. The van der Waals surface area contributed by atoms with Crippen molar-refractivity contribution in [1.82, 2.24) is 31.1 Å². The summed E-state index contributed by atoms with van der Waals surface area (Å²) in [5.74, 6) is -0.582. The van der Waals surface area contributed by atoms with Crippen LogP contribution in [0.5, 0.6) is 0 Å². The van der Waals surface area contributed by atoms with Crippen molar-refractivity contribution in [3.8, 4) is 5.69 Å². The SMILES string of the molecule is O=C(NNC(=O)C1(c2ccc(Br)cc2)CCC1)c1ccc(-n2cnnn2)cc1. The van der Waals surface area contributed by atoms with E-state index in [1.807, 2.05) is 24.3 Å². The number of rotatable bonds is 4. The topological polar surface area (TPSA) is 102 Å². The van der Waals surface area contributed by atoms with Gasteiger partial charge in [-0.2, -0.15) is 0 Å². The van der Waals surface area contributed by atoms with E-state index in [4.69, 9.17) is 0 Å². The zero-order valence-corrected chi connectivity index (χ0v) is 16.4. The fourth-order valence-corrected chi connectivity index (χ4v) is 3.56. The fourth-order valence-electron chi connectivity index (χ4n) is 3.30. The first-order valence-electron chi connectivity index (χ1n) is 8.79. The molecule has 1 heterocycles. The number of nitrogens with zero attached hydrogens (tertiary/aromatic N) is 4. The molecule has 2 aromatic carbocycles. The standard InChI is InChI=1S/C19H17BrN6O2/c20-15-6-4-14(5-7-15)19(10-1-11-19)18(28)23-22-17(27)13-2-8-16(9-3-13)26-12-21-24-25-26/h2-9,12H,1,10-11H2,(H,22,27)(H,23,28). The number of hydrogen-bond acceptors (Lipinski definition) is 5. The van der Waals surface area contributed by atoms with Crippen LogP contribution in [-0.4, -0.2) is 32.0 Å². The van der Waals surface area contributed by atoms with Crippen molar-refractivity contribution in [2.75, 3.05) is 0 Å². The molecule has 1 fully saturated rings. The maximum atomic E-state index is 12.8. The van der Waals surface area contributed by atoms with Gasteiger partial charge in [-0.25, -0.2) is 4.68 Å². The molecule has 3 aromatic rings. The Kier molecular flexibility index (Phi) is 4.91. The zero-order valence-electron chi connectivity index (χ0n) is 14.8. The number of halogens is 1. The van der Waals surface area contributed by atoms with E-state index in [2.05, 4.69) is 42.3 Å². The molecule has 2 amide bonds. The highest BCUT2D eigenvalue weighted by atomic mass is 79.9.